The van der Waals surface area contributed by atoms with E-state index < -0.39 is 10.0 Å². The van der Waals surface area contributed by atoms with E-state index in [1.807, 2.05) is 13.8 Å². The topological polar surface area (TPSA) is 85.5 Å². The first kappa shape index (κ1) is 17.2. The third kappa shape index (κ3) is 3.12. The van der Waals surface area contributed by atoms with Crippen molar-refractivity contribution in [1.82, 2.24) is 18.9 Å². The summed E-state index contributed by atoms with van der Waals surface area (Å²) >= 11 is 0. The lowest BCUT2D eigenvalue weighted by Gasteiger charge is -2.22. The minimum atomic E-state index is -3.63. The molecule has 3 rings (SSSR count). The first-order valence-corrected chi connectivity index (χ1v) is 10.1. The van der Waals surface area contributed by atoms with E-state index in [0.717, 1.165) is 32.1 Å². The average Bonchev–Trinajstić information content (AvgIpc) is 3.03. The molecule has 1 fully saturated rings. The minimum absolute atomic E-state index is 0.0113. The number of fused-ring (bicyclic) bond motifs is 1. The Bertz CT molecular complexity index is 892. The Hall–Kier alpha value is -1.67. The zero-order valence-electron chi connectivity index (χ0n) is 14.2. The van der Waals surface area contributed by atoms with Gasteiger partial charge in [0.05, 0.1) is 0 Å². The maximum absolute atomic E-state index is 12.7. The second-order valence-corrected chi connectivity index (χ2v) is 7.99. The van der Waals surface area contributed by atoms with E-state index in [4.69, 9.17) is 0 Å². The fourth-order valence-electron chi connectivity index (χ4n) is 3.29. The van der Waals surface area contributed by atoms with Crippen LogP contribution in [0.15, 0.2) is 22.0 Å². The highest BCUT2D eigenvalue weighted by molar-refractivity contribution is 7.89. The van der Waals surface area contributed by atoms with Crippen molar-refractivity contribution in [3.8, 4) is 0 Å². The van der Waals surface area contributed by atoms with Crippen LogP contribution in [-0.4, -0.2) is 28.6 Å². The monoisotopic (exact) mass is 352 g/mol. The molecule has 2 heterocycles. The molecule has 8 heteroatoms. The summed E-state index contributed by atoms with van der Waals surface area (Å²) in [6, 6.07) is 1.45. The molecule has 132 valence electrons. The van der Waals surface area contributed by atoms with Gasteiger partial charge in [0.1, 0.15) is 16.2 Å². The molecular formula is C16H24N4O3S. The number of sulfonamides is 1. The predicted molar refractivity (Wildman–Crippen MR) is 91.7 cm³/mol. The third-order valence-corrected chi connectivity index (χ3v) is 6.10. The summed E-state index contributed by atoms with van der Waals surface area (Å²) in [6.45, 7) is 4.23. The van der Waals surface area contributed by atoms with Crippen LogP contribution in [-0.2, 0) is 23.0 Å². The second-order valence-electron chi connectivity index (χ2n) is 6.28. The first-order chi connectivity index (χ1) is 11.5. The molecule has 0 spiro atoms. The standard InChI is InChI=1S/C16H24N4O3S/c1-3-15-17-20(4-2)16(21)14-10-13(11-19(14)15)24(22,23)18-12-8-6-5-7-9-12/h10-12,18H,3-9H2,1-2H3. The summed E-state index contributed by atoms with van der Waals surface area (Å²) in [5.41, 5.74) is 0.0848. The number of nitrogens with one attached hydrogen (secondary N) is 1. The summed E-state index contributed by atoms with van der Waals surface area (Å²) in [5.74, 6) is 0.672. The highest BCUT2D eigenvalue weighted by Crippen LogP contribution is 2.21. The van der Waals surface area contributed by atoms with Crippen LogP contribution in [0.1, 0.15) is 51.8 Å². The number of nitrogens with zero attached hydrogens (tertiary/aromatic N) is 3. The molecule has 1 N–H and O–H groups in total. The van der Waals surface area contributed by atoms with Crippen LogP contribution in [0, 0.1) is 0 Å². The fourth-order valence-corrected chi connectivity index (χ4v) is 4.61. The maximum Gasteiger partial charge on any atom is 0.291 e. The molecule has 0 amide bonds. The van der Waals surface area contributed by atoms with Gasteiger partial charge in [0, 0.05) is 25.2 Å². The molecule has 0 bridgehead atoms. The Morgan fingerprint density at radius 1 is 1.25 bits per heavy atom. The molecule has 1 aliphatic carbocycles. The Morgan fingerprint density at radius 3 is 2.58 bits per heavy atom. The molecule has 24 heavy (non-hydrogen) atoms. The van der Waals surface area contributed by atoms with E-state index in [1.54, 1.807) is 4.40 Å². The van der Waals surface area contributed by atoms with Crippen LogP contribution >= 0.6 is 0 Å². The smallest absolute Gasteiger partial charge is 0.291 e. The highest BCUT2D eigenvalue weighted by atomic mass is 32.2. The van der Waals surface area contributed by atoms with Gasteiger partial charge in [-0.05, 0) is 25.8 Å². The highest BCUT2D eigenvalue weighted by Gasteiger charge is 2.24. The molecule has 2 aromatic heterocycles. The molecule has 0 aromatic carbocycles. The van der Waals surface area contributed by atoms with Crippen LogP contribution < -0.4 is 10.3 Å². The molecule has 0 aliphatic heterocycles. The maximum atomic E-state index is 12.7. The zero-order valence-corrected chi connectivity index (χ0v) is 15.0. The zero-order chi connectivity index (χ0) is 17.3. The molecule has 0 unspecified atom stereocenters. The van der Waals surface area contributed by atoms with Crippen LogP contribution in [0.25, 0.3) is 5.52 Å². The predicted octanol–water partition coefficient (Wildman–Crippen LogP) is 1.69. The van der Waals surface area contributed by atoms with E-state index in [1.165, 1.54) is 16.9 Å². The Kier molecular flexibility index (Phi) is 4.78. The first-order valence-electron chi connectivity index (χ1n) is 8.60. The van der Waals surface area contributed by atoms with Crippen molar-refractivity contribution in [1.29, 1.82) is 0 Å². The van der Waals surface area contributed by atoms with Gasteiger partial charge >= 0.3 is 0 Å². The van der Waals surface area contributed by atoms with Crippen LogP contribution in [0.3, 0.4) is 0 Å². The Morgan fingerprint density at radius 2 is 1.96 bits per heavy atom. The molecule has 0 saturated heterocycles. The fraction of sp³-hybridized carbons (Fsp3) is 0.625. The number of hydrogen-bond donors (Lipinski definition) is 1. The van der Waals surface area contributed by atoms with E-state index in [-0.39, 0.29) is 16.5 Å². The molecule has 7 nitrogen and oxygen atoms in total. The van der Waals surface area contributed by atoms with Crippen molar-refractivity contribution in [2.75, 3.05) is 0 Å². The lowest BCUT2D eigenvalue weighted by molar-refractivity contribution is 0.412. The van der Waals surface area contributed by atoms with Gasteiger partial charge < -0.3 is 0 Å². The summed E-state index contributed by atoms with van der Waals surface area (Å²) in [4.78, 5) is 12.6. The number of rotatable bonds is 5. The van der Waals surface area contributed by atoms with E-state index in [0.29, 0.717) is 24.3 Å². The van der Waals surface area contributed by atoms with Crippen molar-refractivity contribution in [3.63, 3.8) is 0 Å². The van der Waals surface area contributed by atoms with Crippen molar-refractivity contribution in [2.24, 2.45) is 0 Å². The molecule has 0 radical (unpaired) electrons. The van der Waals surface area contributed by atoms with Gasteiger partial charge in [-0.3, -0.25) is 9.20 Å². The van der Waals surface area contributed by atoms with Crippen LogP contribution in [0.5, 0.6) is 0 Å². The lowest BCUT2D eigenvalue weighted by Crippen LogP contribution is -2.35. The van der Waals surface area contributed by atoms with Gasteiger partial charge in [-0.25, -0.2) is 17.8 Å². The van der Waals surface area contributed by atoms with Crippen LogP contribution in [0.2, 0.25) is 0 Å². The van der Waals surface area contributed by atoms with Gasteiger partial charge in [0.25, 0.3) is 5.56 Å². The molecular weight excluding hydrogens is 328 g/mol. The molecule has 1 aliphatic rings. The van der Waals surface area contributed by atoms with E-state index in [2.05, 4.69) is 9.82 Å². The van der Waals surface area contributed by atoms with Gasteiger partial charge in [-0.1, -0.05) is 26.2 Å². The van der Waals surface area contributed by atoms with E-state index >= 15 is 0 Å². The summed E-state index contributed by atoms with van der Waals surface area (Å²) in [5, 5.41) is 4.30. The Labute approximate surface area is 141 Å². The number of aromatic nitrogens is 3. The van der Waals surface area contributed by atoms with Gasteiger partial charge in [0.15, 0.2) is 0 Å². The molecule has 1 saturated carbocycles. The minimum Gasteiger partial charge on any atom is -0.297 e. The van der Waals surface area contributed by atoms with Gasteiger partial charge in [0.2, 0.25) is 10.0 Å². The molecule has 2 aromatic rings. The van der Waals surface area contributed by atoms with E-state index in [9.17, 15) is 13.2 Å². The van der Waals surface area contributed by atoms with Crippen molar-refractivity contribution in [2.45, 2.75) is 69.9 Å². The normalized spacial score (nSPS) is 16.8. The average molecular weight is 352 g/mol. The largest absolute Gasteiger partial charge is 0.297 e. The lowest BCUT2D eigenvalue weighted by atomic mass is 9.96. The summed E-state index contributed by atoms with van der Waals surface area (Å²) in [7, 11) is -3.63. The second kappa shape index (κ2) is 6.68. The summed E-state index contributed by atoms with van der Waals surface area (Å²) in [6.07, 6.45) is 7.13. The van der Waals surface area contributed by atoms with Crippen molar-refractivity contribution < 1.29 is 8.42 Å². The van der Waals surface area contributed by atoms with Gasteiger partial charge in [-0.15, -0.1) is 0 Å². The third-order valence-electron chi connectivity index (χ3n) is 4.62. The number of hydrogen-bond acceptors (Lipinski definition) is 4. The van der Waals surface area contributed by atoms with Gasteiger partial charge in [-0.2, -0.15) is 5.10 Å². The SMILES string of the molecule is CCc1nn(CC)c(=O)c2cc(S(=O)(=O)NC3CCCCC3)cn12. The summed E-state index contributed by atoms with van der Waals surface area (Å²) < 4.78 is 31.1. The molecule has 0 atom stereocenters. The van der Waals surface area contributed by atoms with Crippen molar-refractivity contribution >= 4 is 15.5 Å². The van der Waals surface area contributed by atoms with Crippen LogP contribution in [0.4, 0.5) is 0 Å². The van der Waals surface area contributed by atoms with Crippen molar-refractivity contribution in [3.05, 3.63) is 28.4 Å². The number of aryl methyl sites for hydroxylation is 2. The Balaban J connectivity index is 2.03. The quantitative estimate of drug-likeness (QED) is 0.887.